The number of thiophene rings is 1. The molecule has 1 aliphatic heterocycles. The zero-order valence-electron chi connectivity index (χ0n) is 10.1. The maximum absolute atomic E-state index is 2.49. The summed E-state index contributed by atoms with van der Waals surface area (Å²) in [5, 5.41) is 2.21. The van der Waals surface area contributed by atoms with E-state index in [2.05, 4.69) is 49.2 Å². The molecule has 1 fully saturated rings. The van der Waals surface area contributed by atoms with Crippen molar-refractivity contribution < 1.29 is 0 Å². The monoisotopic (exact) mass is 224 g/mol. The predicted molar refractivity (Wildman–Crippen MR) is 66.5 cm³/mol. The van der Waals surface area contributed by atoms with Gasteiger partial charge in [0.15, 0.2) is 0 Å². The lowest BCUT2D eigenvalue weighted by Gasteiger charge is -2.46. The normalized spacial score (nSPS) is 29.6. The van der Waals surface area contributed by atoms with Crippen LogP contribution < -0.4 is 0 Å². The highest BCUT2D eigenvalue weighted by Gasteiger charge is 2.37. The van der Waals surface area contributed by atoms with Gasteiger partial charge in [0.1, 0.15) is 0 Å². The van der Waals surface area contributed by atoms with Gasteiger partial charge in [0.2, 0.25) is 0 Å². The smallest absolute Gasteiger partial charge is 0.0654 e. The molecule has 0 N–H and O–H groups in total. The molecule has 0 spiro atoms. The van der Waals surface area contributed by atoms with Crippen LogP contribution in [-0.4, -0.2) is 43.5 Å². The van der Waals surface area contributed by atoms with E-state index in [-0.39, 0.29) is 5.54 Å². The van der Waals surface area contributed by atoms with Gasteiger partial charge in [0.05, 0.1) is 5.54 Å². The molecule has 1 aromatic heterocycles. The molecule has 0 radical (unpaired) electrons. The van der Waals surface area contributed by atoms with Crippen LogP contribution >= 0.6 is 11.3 Å². The number of aryl methyl sites for hydroxylation is 1. The van der Waals surface area contributed by atoms with E-state index in [0.717, 1.165) is 13.1 Å². The van der Waals surface area contributed by atoms with Gasteiger partial charge in [0, 0.05) is 24.5 Å². The van der Waals surface area contributed by atoms with Crippen LogP contribution in [0.25, 0.3) is 0 Å². The molecule has 0 bridgehead atoms. The summed E-state index contributed by atoms with van der Waals surface area (Å²) in [4.78, 5) is 6.45. The van der Waals surface area contributed by atoms with Crippen LogP contribution in [0.4, 0.5) is 0 Å². The van der Waals surface area contributed by atoms with E-state index < -0.39 is 0 Å². The van der Waals surface area contributed by atoms with Crippen molar-refractivity contribution in [2.24, 2.45) is 0 Å². The summed E-state index contributed by atoms with van der Waals surface area (Å²) in [5.74, 6) is 0. The van der Waals surface area contributed by atoms with Crippen molar-refractivity contribution in [2.75, 3.05) is 33.7 Å². The fourth-order valence-electron chi connectivity index (χ4n) is 2.46. The third-order valence-electron chi connectivity index (χ3n) is 3.59. The fourth-order valence-corrected chi connectivity index (χ4v) is 3.60. The molecule has 2 heterocycles. The Morgan fingerprint density at radius 2 is 2.07 bits per heavy atom. The van der Waals surface area contributed by atoms with Crippen LogP contribution in [-0.2, 0) is 5.54 Å². The van der Waals surface area contributed by atoms with Crippen LogP contribution in [0.1, 0.15) is 17.4 Å². The van der Waals surface area contributed by atoms with E-state index >= 15 is 0 Å². The molecular weight excluding hydrogens is 204 g/mol. The first-order valence-electron chi connectivity index (χ1n) is 5.48. The number of hydrogen-bond donors (Lipinski definition) is 0. The molecule has 2 nitrogen and oxygen atoms in total. The quantitative estimate of drug-likeness (QED) is 0.721. The number of hydrogen-bond acceptors (Lipinski definition) is 3. The van der Waals surface area contributed by atoms with Gasteiger partial charge in [-0.25, -0.2) is 0 Å². The van der Waals surface area contributed by atoms with Crippen molar-refractivity contribution in [1.82, 2.24) is 9.80 Å². The second-order valence-corrected chi connectivity index (χ2v) is 5.78. The zero-order chi connectivity index (χ0) is 11.1. The van der Waals surface area contributed by atoms with Gasteiger partial charge >= 0.3 is 0 Å². The van der Waals surface area contributed by atoms with Crippen LogP contribution in [0.2, 0.25) is 0 Å². The Bertz CT molecular complexity index is 347. The second-order valence-electron chi connectivity index (χ2n) is 4.87. The average molecular weight is 224 g/mol. The van der Waals surface area contributed by atoms with Crippen molar-refractivity contribution >= 4 is 11.3 Å². The summed E-state index contributed by atoms with van der Waals surface area (Å²) >= 11 is 1.89. The van der Waals surface area contributed by atoms with E-state index in [0.29, 0.717) is 0 Å². The fraction of sp³-hybridized carbons (Fsp3) is 0.667. The topological polar surface area (TPSA) is 6.48 Å². The second kappa shape index (κ2) is 3.89. The van der Waals surface area contributed by atoms with E-state index in [4.69, 9.17) is 0 Å². The van der Waals surface area contributed by atoms with Crippen LogP contribution in [0.3, 0.4) is 0 Å². The SMILES string of the molecule is Cc1ccsc1C1(C)CN(C)CCN1C. The number of nitrogens with zero attached hydrogens (tertiary/aromatic N) is 2. The van der Waals surface area contributed by atoms with Crippen LogP contribution in [0.5, 0.6) is 0 Å². The van der Waals surface area contributed by atoms with Gasteiger partial charge in [0.25, 0.3) is 0 Å². The lowest BCUT2D eigenvalue weighted by Crippen LogP contribution is -2.55. The minimum Gasteiger partial charge on any atom is -0.303 e. The van der Waals surface area contributed by atoms with Gasteiger partial charge in [-0.15, -0.1) is 11.3 Å². The first-order valence-corrected chi connectivity index (χ1v) is 6.36. The van der Waals surface area contributed by atoms with Gasteiger partial charge in [-0.2, -0.15) is 0 Å². The summed E-state index contributed by atoms with van der Waals surface area (Å²) in [6.07, 6.45) is 0. The summed E-state index contributed by atoms with van der Waals surface area (Å²) in [5.41, 5.74) is 1.63. The molecule has 0 saturated carbocycles. The van der Waals surface area contributed by atoms with E-state index in [1.807, 2.05) is 11.3 Å². The lowest BCUT2D eigenvalue weighted by molar-refractivity contribution is 0.0402. The molecule has 0 aromatic carbocycles. The zero-order valence-corrected chi connectivity index (χ0v) is 10.9. The van der Waals surface area contributed by atoms with Gasteiger partial charge in [-0.05, 0) is 45.0 Å². The Morgan fingerprint density at radius 3 is 2.67 bits per heavy atom. The Labute approximate surface area is 96.5 Å². The summed E-state index contributed by atoms with van der Waals surface area (Å²) < 4.78 is 0. The van der Waals surface area contributed by atoms with Crippen molar-refractivity contribution in [1.29, 1.82) is 0 Å². The highest BCUT2D eigenvalue weighted by molar-refractivity contribution is 7.10. The minimum absolute atomic E-state index is 0.200. The molecule has 1 aliphatic rings. The molecular formula is C12H20N2S. The maximum Gasteiger partial charge on any atom is 0.0654 e. The highest BCUT2D eigenvalue weighted by atomic mass is 32.1. The molecule has 1 saturated heterocycles. The van der Waals surface area contributed by atoms with Crippen molar-refractivity contribution in [3.05, 3.63) is 21.9 Å². The number of likely N-dealkylation sites (N-methyl/N-ethyl adjacent to an activating group) is 2. The molecule has 1 unspecified atom stereocenters. The summed E-state index contributed by atoms with van der Waals surface area (Å²) in [6, 6.07) is 2.23. The molecule has 0 aliphatic carbocycles. The minimum atomic E-state index is 0.200. The Balaban J connectivity index is 2.35. The van der Waals surface area contributed by atoms with Gasteiger partial charge < -0.3 is 4.90 Å². The summed E-state index contributed by atoms with van der Waals surface area (Å²) in [7, 11) is 4.46. The Morgan fingerprint density at radius 1 is 1.33 bits per heavy atom. The average Bonchev–Trinajstić information content (AvgIpc) is 2.59. The molecule has 2 rings (SSSR count). The Kier molecular flexibility index (Phi) is 2.88. The molecule has 0 amide bonds. The van der Waals surface area contributed by atoms with E-state index in [9.17, 15) is 0 Å². The van der Waals surface area contributed by atoms with Crippen LogP contribution in [0, 0.1) is 6.92 Å². The molecule has 1 atom stereocenters. The standard InChI is InChI=1S/C12H20N2S/c1-10-5-8-15-11(10)12(2)9-13(3)6-7-14(12)4/h5,8H,6-7,9H2,1-4H3. The van der Waals surface area contributed by atoms with Gasteiger partial charge in [-0.3, -0.25) is 4.90 Å². The van der Waals surface area contributed by atoms with Crippen molar-refractivity contribution in [3.63, 3.8) is 0 Å². The van der Waals surface area contributed by atoms with Crippen LogP contribution in [0.15, 0.2) is 11.4 Å². The largest absolute Gasteiger partial charge is 0.303 e. The van der Waals surface area contributed by atoms with Crippen molar-refractivity contribution in [3.8, 4) is 0 Å². The molecule has 3 heteroatoms. The Hall–Kier alpha value is -0.380. The van der Waals surface area contributed by atoms with Gasteiger partial charge in [-0.1, -0.05) is 0 Å². The molecule has 1 aromatic rings. The maximum atomic E-state index is 2.49. The molecule has 15 heavy (non-hydrogen) atoms. The third-order valence-corrected chi connectivity index (χ3v) is 4.86. The number of rotatable bonds is 1. The van der Waals surface area contributed by atoms with E-state index in [1.165, 1.54) is 17.0 Å². The first-order chi connectivity index (χ1) is 7.04. The molecule has 84 valence electrons. The summed E-state index contributed by atoms with van der Waals surface area (Å²) in [6.45, 7) is 8.05. The third kappa shape index (κ3) is 1.84. The lowest BCUT2D eigenvalue weighted by atomic mass is 9.93. The first kappa shape index (κ1) is 11.1. The predicted octanol–water partition coefficient (Wildman–Crippen LogP) is 2.15. The van der Waals surface area contributed by atoms with E-state index in [1.54, 1.807) is 0 Å². The highest BCUT2D eigenvalue weighted by Crippen LogP contribution is 2.35. The number of piperazine rings is 1. The van der Waals surface area contributed by atoms with Crippen molar-refractivity contribution in [2.45, 2.75) is 19.4 Å².